The number of aromatic nitrogens is 2. The average Bonchev–Trinajstić information content (AvgIpc) is 3.13. The highest BCUT2D eigenvalue weighted by molar-refractivity contribution is 7.91. The number of alkyl halides is 6. The van der Waals surface area contributed by atoms with Crippen LogP contribution in [-0.2, 0) is 15.6 Å². The first kappa shape index (κ1) is 24.5. The van der Waals surface area contributed by atoms with E-state index in [0.29, 0.717) is 23.5 Å². The van der Waals surface area contributed by atoms with E-state index in [1.54, 1.807) is 11.8 Å². The molecule has 1 aromatic heterocycles. The van der Waals surface area contributed by atoms with Crippen LogP contribution in [0.1, 0.15) is 12.5 Å². The number of hydrogen-bond acceptors (Lipinski definition) is 8. The Morgan fingerprint density at radius 2 is 1.62 bits per heavy atom. The number of halogens is 6. The summed E-state index contributed by atoms with van der Waals surface area (Å²) in [6.45, 7) is 1.73. The molecule has 0 amide bonds. The lowest BCUT2D eigenvalue weighted by Crippen LogP contribution is -2.54. The first-order valence-electron chi connectivity index (χ1n) is 8.91. The van der Waals surface area contributed by atoms with Crippen LogP contribution in [0.5, 0.6) is 0 Å². The van der Waals surface area contributed by atoms with Crippen LogP contribution in [0, 0.1) is 0 Å². The molecular formula is C16H17F6N5O3S2. The number of piperazine rings is 1. The molecular weight excluding hydrogens is 488 g/mol. The number of sulfonamides is 1. The van der Waals surface area contributed by atoms with Crippen molar-refractivity contribution in [2.24, 2.45) is 0 Å². The van der Waals surface area contributed by atoms with Crippen molar-refractivity contribution in [2.45, 2.75) is 35.3 Å². The summed E-state index contributed by atoms with van der Waals surface area (Å²) >= 11 is 0.699. The van der Waals surface area contributed by atoms with Gasteiger partial charge in [-0.3, -0.25) is 0 Å². The van der Waals surface area contributed by atoms with Gasteiger partial charge in [-0.05, 0) is 19.1 Å². The van der Waals surface area contributed by atoms with Crippen molar-refractivity contribution in [3.05, 3.63) is 29.8 Å². The smallest absolute Gasteiger partial charge is 0.374 e. The summed E-state index contributed by atoms with van der Waals surface area (Å²) < 4.78 is 104. The van der Waals surface area contributed by atoms with Gasteiger partial charge in [0.2, 0.25) is 9.47 Å². The molecule has 0 aliphatic carbocycles. The van der Waals surface area contributed by atoms with Gasteiger partial charge in [0.1, 0.15) is 0 Å². The maximum absolute atomic E-state index is 13.0. The van der Waals surface area contributed by atoms with Gasteiger partial charge in [-0.15, -0.1) is 10.2 Å². The molecule has 0 radical (unpaired) electrons. The van der Waals surface area contributed by atoms with Crippen molar-refractivity contribution in [3.8, 4) is 0 Å². The Labute approximate surface area is 182 Å². The van der Waals surface area contributed by atoms with Crippen LogP contribution < -0.4 is 10.6 Å². The fourth-order valence-electron chi connectivity index (χ4n) is 3.34. The van der Waals surface area contributed by atoms with Crippen molar-refractivity contribution in [1.29, 1.82) is 0 Å². The normalized spacial score (nSPS) is 19.4. The van der Waals surface area contributed by atoms with Crippen LogP contribution in [0.2, 0.25) is 0 Å². The van der Waals surface area contributed by atoms with E-state index in [2.05, 4.69) is 10.2 Å². The predicted molar refractivity (Wildman–Crippen MR) is 102 cm³/mol. The van der Waals surface area contributed by atoms with E-state index in [-0.39, 0.29) is 34.8 Å². The third-order valence-electron chi connectivity index (χ3n) is 5.01. The molecule has 1 aliphatic heterocycles. The second-order valence-electron chi connectivity index (χ2n) is 7.06. The number of nitrogens with zero attached hydrogens (tertiary/aromatic N) is 4. The fraction of sp³-hybridized carbons (Fsp3) is 0.500. The standard InChI is InChI=1S/C16H17F6N5O3S2/c1-9-8-26(32(29,30)13-25-24-12(23)31-13)6-7-27(9)11-4-2-10(3-5-11)14(28,15(17,18)19)16(20,21)22/h2-5,9,28H,6-8H2,1H3,(H2,23,24). The molecule has 2 heterocycles. The van der Waals surface area contributed by atoms with Crippen molar-refractivity contribution < 1.29 is 39.9 Å². The number of nitrogen functional groups attached to an aromatic ring is 1. The maximum atomic E-state index is 13.0. The summed E-state index contributed by atoms with van der Waals surface area (Å²) in [6.07, 6.45) is -12.0. The number of benzene rings is 1. The third kappa shape index (κ3) is 4.11. The molecule has 8 nitrogen and oxygen atoms in total. The quantitative estimate of drug-likeness (QED) is 0.614. The molecule has 3 rings (SSSR count). The highest BCUT2D eigenvalue weighted by atomic mass is 32.2. The number of nitrogens with two attached hydrogens (primary N) is 1. The Balaban J connectivity index is 1.81. The van der Waals surface area contributed by atoms with Crippen LogP contribution in [0.25, 0.3) is 0 Å². The van der Waals surface area contributed by atoms with Crippen molar-refractivity contribution in [1.82, 2.24) is 14.5 Å². The van der Waals surface area contributed by atoms with Gasteiger partial charge < -0.3 is 15.7 Å². The summed E-state index contributed by atoms with van der Waals surface area (Å²) in [4.78, 5) is 1.63. The summed E-state index contributed by atoms with van der Waals surface area (Å²) in [5.74, 6) is 0. The monoisotopic (exact) mass is 505 g/mol. The van der Waals surface area contributed by atoms with Crippen molar-refractivity contribution in [2.75, 3.05) is 30.3 Å². The second-order valence-corrected chi connectivity index (χ2v) is 10.2. The Morgan fingerprint density at radius 1 is 1.06 bits per heavy atom. The molecule has 32 heavy (non-hydrogen) atoms. The van der Waals surface area contributed by atoms with E-state index in [4.69, 9.17) is 5.73 Å². The van der Waals surface area contributed by atoms with E-state index >= 15 is 0 Å². The van der Waals surface area contributed by atoms with Crippen LogP contribution in [-0.4, -0.2) is 66.1 Å². The molecule has 3 N–H and O–H groups in total. The molecule has 1 atom stereocenters. The molecule has 1 aromatic carbocycles. The Bertz CT molecular complexity index is 1060. The molecule has 1 fully saturated rings. The lowest BCUT2D eigenvalue weighted by atomic mass is 9.92. The SMILES string of the molecule is CC1CN(S(=O)(=O)c2nnc(N)s2)CCN1c1ccc(C(O)(C(F)(F)F)C(F)(F)F)cc1. The van der Waals surface area contributed by atoms with Gasteiger partial charge >= 0.3 is 12.4 Å². The van der Waals surface area contributed by atoms with E-state index < -0.39 is 39.6 Å². The lowest BCUT2D eigenvalue weighted by molar-refractivity contribution is -0.376. The molecule has 0 bridgehead atoms. The van der Waals surface area contributed by atoms with Gasteiger partial charge in [0.15, 0.2) is 0 Å². The minimum absolute atomic E-state index is 0.0110. The van der Waals surface area contributed by atoms with Gasteiger partial charge in [-0.1, -0.05) is 23.5 Å². The maximum Gasteiger partial charge on any atom is 0.430 e. The zero-order valence-corrected chi connectivity index (χ0v) is 17.9. The topological polar surface area (TPSA) is 113 Å². The van der Waals surface area contributed by atoms with Gasteiger partial charge in [-0.2, -0.15) is 30.6 Å². The molecule has 2 aromatic rings. The molecule has 1 aliphatic rings. The third-order valence-corrected chi connectivity index (χ3v) is 7.97. The predicted octanol–water partition coefficient (Wildman–Crippen LogP) is 2.33. The first-order valence-corrected chi connectivity index (χ1v) is 11.2. The highest BCUT2D eigenvalue weighted by Gasteiger charge is 2.71. The van der Waals surface area contributed by atoms with Gasteiger partial charge in [0, 0.05) is 36.9 Å². The van der Waals surface area contributed by atoms with Crippen LogP contribution in [0.15, 0.2) is 28.6 Å². The molecule has 16 heteroatoms. The Hall–Kier alpha value is -2.17. The van der Waals surface area contributed by atoms with Gasteiger partial charge in [0.25, 0.3) is 15.6 Å². The highest BCUT2D eigenvalue weighted by Crippen LogP contribution is 2.50. The first-order chi connectivity index (χ1) is 14.6. The zero-order valence-electron chi connectivity index (χ0n) is 16.2. The molecule has 0 spiro atoms. The number of hydrogen-bond donors (Lipinski definition) is 2. The van der Waals surface area contributed by atoms with Crippen LogP contribution >= 0.6 is 11.3 Å². The molecule has 1 unspecified atom stereocenters. The Kier molecular flexibility index (Phi) is 6.12. The van der Waals surface area contributed by atoms with E-state index in [9.17, 15) is 39.9 Å². The number of aliphatic hydroxyl groups is 1. The van der Waals surface area contributed by atoms with Crippen molar-refractivity contribution >= 4 is 32.2 Å². The van der Waals surface area contributed by atoms with Crippen molar-refractivity contribution in [3.63, 3.8) is 0 Å². The van der Waals surface area contributed by atoms with Gasteiger partial charge in [0.05, 0.1) is 0 Å². The minimum atomic E-state index is -5.98. The second kappa shape index (κ2) is 8.00. The zero-order chi connectivity index (χ0) is 24.1. The molecule has 178 valence electrons. The molecule has 1 saturated heterocycles. The number of rotatable bonds is 4. The summed E-state index contributed by atoms with van der Waals surface area (Å²) in [7, 11) is -3.95. The summed E-state index contributed by atoms with van der Waals surface area (Å²) in [6, 6.07) is 2.67. The van der Waals surface area contributed by atoms with E-state index in [1.165, 1.54) is 0 Å². The van der Waals surface area contributed by atoms with E-state index in [1.807, 2.05) is 0 Å². The minimum Gasteiger partial charge on any atom is -0.374 e. The van der Waals surface area contributed by atoms with Crippen LogP contribution in [0.3, 0.4) is 0 Å². The Morgan fingerprint density at radius 3 is 2.06 bits per heavy atom. The average molecular weight is 505 g/mol. The van der Waals surface area contributed by atoms with Gasteiger partial charge in [-0.25, -0.2) is 8.42 Å². The molecule has 0 saturated carbocycles. The lowest BCUT2D eigenvalue weighted by Gasteiger charge is -2.40. The number of anilines is 2. The largest absolute Gasteiger partial charge is 0.430 e. The van der Waals surface area contributed by atoms with Crippen LogP contribution in [0.4, 0.5) is 37.2 Å². The summed E-state index contributed by atoms with van der Waals surface area (Å²) in [5.41, 5.74) is -0.694. The van der Waals surface area contributed by atoms with E-state index in [0.717, 1.165) is 16.4 Å². The fourth-order valence-corrected chi connectivity index (χ4v) is 5.78. The summed E-state index contributed by atoms with van der Waals surface area (Å²) in [5, 5.41) is 16.5.